The van der Waals surface area contributed by atoms with Crippen LogP contribution in [0.5, 0.6) is 0 Å². The Morgan fingerprint density at radius 1 is 0.414 bits per heavy atom. The molecule has 0 fully saturated rings. The highest BCUT2D eigenvalue weighted by atomic mass is 31.2. The fraction of sp³-hybridized carbons (Fsp3) is 0.741. The van der Waals surface area contributed by atoms with Gasteiger partial charge in [-0.25, -0.2) is 4.57 Å². The van der Waals surface area contributed by atoms with E-state index in [9.17, 15) is 28.9 Å². The molecule has 0 amide bonds. The van der Waals surface area contributed by atoms with E-state index in [4.69, 9.17) is 23.3 Å². The maximum atomic E-state index is 12.9. The summed E-state index contributed by atoms with van der Waals surface area (Å²) < 4.78 is 39.4. The van der Waals surface area contributed by atoms with Gasteiger partial charge in [0.1, 0.15) is 12.7 Å². The molecule has 0 aromatic rings. The SMILES string of the molecule is CC/C=C\C/C=C\C/C=C\CCCCCC(=O)OC(CO)COP(=O)(O)OCC(COC(=O)CCCCCCC/C=C\CCCC)OC(=O)CCCCCCCCCCC/C=C\C/C=C\CCCCC. The topological polar surface area (TPSA) is 155 Å². The molecule has 404 valence electrons. The molecule has 0 aliphatic carbocycles. The average molecular weight is 1010 g/mol. The van der Waals surface area contributed by atoms with Crippen LogP contribution in [0.3, 0.4) is 0 Å². The molecule has 70 heavy (non-hydrogen) atoms. The van der Waals surface area contributed by atoms with Crippen molar-refractivity contribution in [2.75, 3.05) is 26.4 Å². The van der Waals surface area contributed by atoms with Gasteiger partial charge < -0.3 is 24.2 Å². The molecule has 11 nitrogen and oxygen atoms in total. The summed E-state index contributed by atoms with van der Waals surface area (Å²) in [6, 6.07) is 0. The van der Waals surface area contributed by atoms with E-state index < -0.39 is 57.8 Å². The quantitative estimate of drug-likeness (QED) is 0.0197. The highest BCUT2D eigenvalue weighted by molar-refractivity contribution is 7.47. The fourth-order valence-electron chi connectivity index (χ4n) is 7.32. The number of ether oxygens (including phenoxy) is 3. The highest BCUT2D eigenvalue weighted by Gasteiger charge is 2.28. The van der Waals surface area contributed by atoms with Crippen LogP contribution in [0.15, 0.2) is 72.9 Å². The van der Waals surface area contributed by atoms with Gasteiger partial charge in [0.15, 0.2) is 6.10 Å². The van der Waals surface area contributed by atoms with Crippen LogP contribution in [0.1, 0.15) is 239 Å². The number of hydrogen-bond acceptors (Lipinski definition) is 10. The molecule has 0 radical (unpaired) electrons. The zero-order chi connectivity index (χ0) is 51.3. The first-order valence-electron chi connectivity index (χ1n) is 27.8. The number of phosphoric ester groups is 1. The standard InChI is InChI=1S/C58H101O11P/c1-4-7-10-13-16-19-22-24-25-26-27-28-29-31-34-37-40-43-46-49-58(62)69-55(51-65-56(60)47-44-41-38-35-32-21-18-15-12-9-6-3)53-67-70(63,64)66-52-54(50-59)68-57(61)48-45-42-39-36-33-30-23-20-17-14-11-8-5-2/h8,11,15-20,24-25,30,33,54-55,59H,4-7,9-10,12-14,21-23,26-29,31-32,34-53H2,1-3H3,(H,63,64)/b11-8-,18-15-,19-16-,20-17-,25-24-,33-30-. The van der Waals surface area contributed by atoms with Crippen LogP contribution in [-0.2, 0) is 42.2 Å². The molecule has 0 aliphatic rings. The zero-order valence-corrected chi connectivity index (χ0v) is 45.4. The van der Waals surface area contributed by atoms with Crippen LogP contribution < -0.4 is 0 Å². The molecule has 0 aromatic heterocycles. The Labute approximate surface area is 427 Å². The summed E-state index contributed by atoms with van der Waals surface area (Å²) >= 11 is 0. The summed E-state index contributed by atoms with van der Waals surface area (Å²) in [4.78, 5) is 48.4. The molecule has 2 N–H and O–H groups in total. The van der Waals surface area contributed by atoms with Crippen molar-refractivity contribution in [3.8, 4) is 0 Å². The van der Waals surface area contributed by atoms with Crippen molar-refractivity contribution in [3.05, 3.63) is 72.9 Å². The third-order valence-electron chi connectivity index (χ3n) is 11.6. The first kappa shape index (κ1) is 66.9. The minimum absolute atomic E-state index is 0.140. The predicted molar refractivity (Wildman–Crippen MR) is 288 cm³/mol. The second-order valence-corrected chi connectivity index (χ2v) is 19.8. The van der Waals surface area contributed by atoms with Gasteiger partial charge in [0.2, 0.25) is 0 Å². The van der Waals surface area contributed by atoms with Crippen molar-refractivity contribution < 1.29 is 52.2 Å². The van der Waals surface area contributed by atoms with Gasteiger partial charge in [0, 0.05) is 19.3 Å². The smallest absolute Gasteiger partial charge is 0.462 e. The molecule has 0 aromatic carbocycles. The molecule has 0 heterocycles. The summed E-state index contributed by atoms with van der Waals surface area (Å²) in [7, 11) is -4.75. The molecule has 0 saturated heterocycles. The van der Waals surface area contributed by atoms with Gasteiger partial charge in [-0.05, 0) is 103 Å². The third-order valence-corrected chi connectivity index (χ3v) is 12.5. The maximum absolute atomic E-state index is 12.9. The predicted octanol–water partition coefficient (Wildman–Crippen LogP) is 16.1. The maximum Gasteiger partial charge on any atom is 0.472 e. The average Bonchev–Trinajstić information content (AvgIpc) is 3.35. The van der Waals surface area contributed by atoms with Crippen LogP contribution >= 0.6 is 7.82 Å². The van der Waals surface area contributed by atoms with Crippen molar-refractivity contribution in [2.45, 2.75) is 251 Å². The number of allylic oxidation sites excluding steroid dienone is 12. The normalized spacial score (nSPS) is 14.0. The van der Waals surface area contributed by atoms with E-state index in [0.29, 0.717) is 19.3 Å². The van der Waals surface area contributed by atoms with Crippen LogP contribution in [0.25, 0.3) is 0 Å². The molecule has 3 atom stereocenters. The summed E-state index contributed by atoms with van der Waals surface area (Å²) in [5.74, 6) is -1.51. The van der Waals surface area contributed by atoms with Crippen molar-refractivity contribution in [2.24, 2.45) is 0 Å². The number of unbranched alkanes of at least 4 members (excludes halogenated alkanes) is 22. The van der Waals surface area contributed by atoms with Gasteiger partial charge in [-0.2, -0.15) is 0 Å². The molecule has 12 heteroatoms. The Morgan fingerprint density at radius 2 is 0.757 bits per heavy atom. The van der Waals surface area contributed by atoms with E-state index >= 15 is 0 Å². The Kier molecular flexibility index (Phi) is 50.0. The van der Waals surface area contributed by atoms with Gasteiger partial charge >= 0.3 is 25.7 Å². The lowest BCUT2D eigenvalue weighted by Crippen LogP contribution is -2.30. The van der Waals surface area contributed by atoms with Crippen LogP contribution in [0.4, 0.5) is 0 Å². The Morgan fingerprint density at radius 3 is 1.21 bits per heavy atom. The van der Waals surface area contributed by atoms with Crippen molar-refractivity contribution in [1.82, 2.24) is 0 Å². The number of phosphoric acid groups is 1. The van der Waals surface area contributed by atoms with E-state index in [1.807, 2.05) is 0 Å². The van der Waals surface area contributed by atoms with Crippen LogP contribution in [-0.4, -0.2) is 66.5 Å². The van der Waals surface area contributed by atoms with Crippen LogP contribution in [0, 0.1) is 0 Å². The third kappa shape index (κ3) is 49.9. The summed E-state index contributed by atoms with van der Waals surface area (Å²) in [5.41, 5.74) is 0. The largest absolute Gasteiger partial charge is 0.472 e. The lowest BCUT2D eigenvalue weighted by molar-refractivity contribution is -0.161. The Balaban J connectivity index is 4.73. The molecule has 0 saturated carbocycles. The van der Waals surface area contributed by atoms with Crippen molar-refractivity contribution in [1.29, 1.82) is 0 Å². The second-order valence-electron chi connectivity index (χ2n) is 18.4. The minimum Gasteiger partial charge on any atom is -0.462 e. The van der Waals surface area contributed by atoms with E-state index in [1.54, 1.807) is 0 Å². The van der Waals surface area contributed by atoms with Crippen LogP contribution in [0.2, 0.25) is 0 Å². The van der Waals surface area contributed by atoms with Gasteiger partial charge in [-0.1, -0.05) is 190 Å². The summed E-state index contributed by atoms with van der Waals surface area (Å²) in [6.45, 7) is 4.42. The number of esters is 3. The summed E-state index contributed by atoms with van der Waals surface area (Å²) in [5, 5.41) is 9.78. The van der Waals surface area contributed by atoms with Crippen molar-refractivity contribution >= 4 is 25.7 Å². The van der Waals surface area contributed by atoms with E-state index in [1.165, 1.54) is 70.6 Å². The second kappa shape index (κ2) is 52.2. The number of carbonyl (C=O) groups is 3. The number of carbonyl (C=O) groups excluding carboxylic acids is 3. The first-order valence-corrected chi connectivity index (χ1v) is 29.3. The van der Waals surface area contributed by atoms with Gasteiger partial charge in [0.25, 0.3) is 0 Å². The van der Waals surface area contributed by atoms with E-state index in [-0.39, 0.29) is 25.9 Å². The van der Waals surface area contributed by atoms with E-state index in [2.05, 4.69) is 93.7 Å². The lowest BCUT2D eigenvalue weighted by Gasteiger charge is -2.21. The molecule has 0 aliphatic heterocycles. The number of aliphatic hydroxyl groups excluding tert-OH is 1. The fourth-order valence-corrected chi connectivity index (χ4v) is 8.11. The monoisotopic (exact) mass is 1000 g/mol. The number of aliphatic hydroxyl groups is 1. The number of hydrogen-bond donors (Lipinski definition) is 2. The molecule has 3 unspecified atom stereocenters. The van der Waals surface area contributed by atoms with Gasteiger partial charge in [0.05, 0.1) is 19.8 Å². The first-order chi connectivity index (χ1) is 34.2. The lowest BCUT2D eigenvalue weighted by atomic mass is 10.1. The minimum atomic E-state index is -4.75. The number of rotatable bonds is 51. The molecule has 0 spiro atoms. The van der Waals surface area contributed by atoms with Crippen molar-refractivity contribution in [3.63, 3.8) is 0 Å². The van der Waals surface area contributed by atoms with E-state index in [0.717, 1.165) is 109 Å². The highest BCUT2D eigenvalue weighted by Crippen LogP contribution is 2.43. The van der Waals surface area contributed by atoms with Gasteiger partial charge in [-0.3, -0.25) is 23.4 Å². The Hall–Kier alpha value is -3.08. The molecular formula is C58H101O11P. The summed E-state index contributed by atoms with van der Waals surface area (Å²) in [6.07, 6.45) is 57.3. The molecular weight excluding hydrogens is 904 g/mol. The van der Waals surface area contributed by atoms with Gasteiger partial charge in [-0.15, -0.1) is 0 Å². The zero-order valence-electron chi connectivity index (χ0n) is 44.5. The molecule has 0 rings (SSSR count). The Bertz CT molecular complexity index is 1450. The molecule has 0 bridgehead atoms.